The number of nitrogens with zero attached hydrogens (tertiary/aromatic N) is 7. The van der Waals surface area contributed by atoms with Crippen LogP contribution >= 0.6 is 11.6 Å². The third-order valence-corrected chi connectivity index (χ3v) is 16.3. The number of piperidine rings is 3. The van der Waals surface area contributed by atoms with Gasteiger partial charge in [0.05, 0.1) is 35.1 Å². The van der Waals surface area contributed by atoms with Gasteiger partial charge in [-0.25, -0.2) is 18.2 Å². The minimum absolute atomic E-state index is 0.105. The molecule has 4 aliphatic heterocycles. The predicted octanol–water partition coefficient (Wildman–Crippen LogP) is 8.15. The minimum Gasteiger partial charge on any atom is -0.480 e. The topological polar surface area (TPSA) is 152 Å². The van der Waals surface area contributed by atoms with Crippen LogP contribution in [0.3, 0.4) is 0 Å². The van der Waals surface area contributed by atoms with E-state index in [1.165, 1.54) is 30.3 Å². The van der Waals surface area contributed by atoms with Gasteiger partial charge in [0.2, 0.25) is 23.5 Å². The number of carbonyl (C=O) groups excluding carboxylic acids is 2. The molecule has 2 aliphatic carbocycles. The SMILES string of the molecule is Cn1nc(C2CCC(=O)NC2=O)c2ccc(C3CCN(CC4CCC5(CC4)CCN(c4ncc(Cl)c(Nc6ccc7c(c6)c6c(c(=O)n7C)OCC(F)(F)[C@H](C7CC7)N6)n4)CC5)CC3)c(F)c21. The highest BCUT2D eigenvalue weighted by atomic mass is 35.5. The highest BCUT2D eigenvalue weighted by Crippen LogP contribution is 2.48. The number of fused-ring (bicyclic) bond motifs is 4. The number of carbonyl (C=O) groups is 2. The molecule has 0 bridgehead atoms. The molecule has 7 heterocycles. The van der Waals surface area contributed by atoms with E-state index < -0.39 is 30.0 Å². The Hall–Kier alpha value is -5.42. The van der Waals surface area contributed by atoms with Gasteiger partial charge in [-0.2, -0.15) is 10.1 Å². The number of benzene rings is 2. The third kappa shape index (κ3) is 8.16. The van der Waals surface area contributed by atoms with Crippen LogP contribution in [0.5, 0.6) is 5.75 Å². The zero-order valence-electron chi connectivity index (χ0n) is 37.9. The lowest BCUT2D eigenvalue weighted by molar-refractivity contribution is -0.134. The predicted molar refractivity (Wildman–Crippen MR) is 250 cm³/mol. The molecule has 3 N–H and O–H groups in total. The Morgan fingerprint density at radius 2 is 1.69 bits per heavy atom. The van der Waals surface area contributed by atoms with Crippen LogP contribution in [0.1, 0.15) is 100 Å². The fraction of sp³-hybridized carbons (Fsp3) is 0.551. The lowest BCUT2D eigenvalue weighted by Crippen LogP contribution is -2.44. The molecular weight excluding hydrogens is 885 g/mol. The number of ether oxygens (including phenoxy) is 1. The fourth-order valence-corrected chi connectivity index (χ4v) is 12.0. The number of hydrogen-bond donors (Lipinski definition) is 3. The van der Waals surface area contributed by atoms with Gasteiger partial charge in [-0.15, -0.1) is 0 Å². The van der Waals surface area contributed by atoms with Gasteiger partial charge in [0, 0.05) is 56.6 Å². The van der Waals surface area contributed by atoms with Gasteiger partial charge in [-0.3, -0.25) is 24.4 Å². The molecule has 67 heavy (non-hydrogen) atoms. The summed E-state index contributed by atoms with van der Waals surface area (Å²) in [4.78, 5) is 51.9. The molecule has 3 aromatic heterocycles. The summed E-state index contributed by atoms with van der Waals surface area (Å²) in [6.45, 7) is 3.76. The summed E-state index contributed by atoms with van der Waals surface area (Å²) in [6.07, 6.45) is 12.3. The molecule has 2 atom stereocenters. The molecule has 1 spiro atoms. The lowest BCUT2D eigenvalue weighted by atomic mass is 9.65. The number of pyridine rings is 1. The normalized spacial score (nSPS) is 23.8. The van der Waals surface area contributed by atoms with Crippen molar-refractivity contribution in [2.24, 2.45) is 31.3 Å². The first-order valence-corrected chi connectivity index (χ1v) is 24.3. The molecule has 14 nitrogen and oxygen atoms in total. The van der Waals surface area contributed by atoms with Crippen molar-refractivity contribution in [1.82, 2.24) is 34.5 Å². The maximum Gasteiger partial charge on any atom is 0.301 e. The summed E-state index contributed by atoms with van der Waals surface area (Å²) in [7, 11) is 3.33. The average molecular weight is 941 g/mol. The van der Waals surface area contributed by atoms with E-state index in [-0.39, 0.29) is 47.3 Å². The number of imide groups is 1. The van der Waals surface area contributed by atoms with Gasteiger partial charge in [-0.1, -0.05) is 23.7 Å². The molecule has 11 rings (SSSR count). The second-order valence-electron chi connectivity index (χ2n) is 20.2. The Balaban J connectivity index is 0.691. The maximum atomic E-state index is 16.2. The number of nitrogens with one attached hydrogen (secondary N) is 3. The highest BCUT2D eigenvalue weighted by Gasteiger charge is 2.51. The van der Waals surface area contributed by atoms with Crippen LogP contribution in [0.4, 0.5) is 36.3 Å². The van der Waals surface area contributed by atoms with E-state index in [0.717, 1.165) is 64.0 Å². The fourth-order valence-electron chi connectivity index (χ4n) is 11.9. The average Bonchev–Trinajstić information content (AvgIpc) is 4.12. The molecule has 5 fully saturated rings. The van der Waals surface area contributed by atoms with Crippen molar-refractivity contribution < 1.29 is 27.5 Å². The van der Waals surface area contributed by atoms with Gasteiger partial charge in [0.1, 0.15) is 10.5 Å². The van der Waals surface area contributed by atoms with E-state index in [4.69, 9.17) is 21.3 Å². The zero-order chi connectivity index (χ0) is 46.4. The van der Waals surface area contributed by atoms with Gasteiger partial charge in [-0.05, 0) is 131 Å². The van der Waals surface area contributed by atoms with E-state index in [1.807, 2.05) is 24.3 Å². The Kier molecular flexibility index (Phi) is 11.2. The van der Waals surface area contributed by atoms with Crippen molar-refractivity contribution in [1.29, 1.82) is 0 Å². The van der Waals surface area contributed by atoms with E-state index in [0.29, 0.717) is 80.6 Å². The molecule has 354 valence electrons. The Labute approximate surface area is 391 Å². The minimum atomic E-state index is -3.13. The number of aromatic nitrogens is 5. The summed E-state index contributed by atoms with van der Waals surface area (Å²) in [5, 5.41) is 14.9. The standard InChI is InChI=1S/C49H56ClF3N10O4/c1-60-36-9-5-30(23-34(36)40-42(46(60)66)67-26-49(52,53)43(57-40)29-3-4-29)55-44-35(50)24-54-47(58-44)63-21-17-48(18-22-63)15-11-27(12-16-48)25-62-19-13-28(14-20-62)31-6-7-32-39(59-61(2)41(32)38(31)51)33-8-10-37(64)56-45(33)65/h5-7,9,23-24,27-29,33,43,57H,3-4,8,10-22,25-26H2,1-2H3,(H,54,55,58)(H,56,64,65)/t33?,43-/m0/s1. The van der Waals surface area contributed by atoms with E-state index in [9.17, 15) is 14.4 Å². The third-order valence-electron chi connectivity index (χ3n) is 16.0. The van der Waals surface area contributed by atoms with Crippen LogP contribution in [0.25, 0.3) is 21.8 Å². The summed E-state index contributed by atoms with van der Waals surface area (Å²) in [5.41, 5.74) is 2.98. The number of aryl methyl sites for hydroxylation is 2. The summed E-state index contributed by atoms with van der Waals surface area (Å²) < 4.78 is 55.1. The maximum absolute atomic E-state index is 16.2. The van der Waals surface area contributed by atoms with Crippen molar-refractivity contribution in [3.63, 3.8) is 0 Å². The van der Waals surface area contributed by atoms with E-state index in [1.54, 1.807) is 31.0 Å². The number of hydrogen-bond acceptors (Lipinski definition) is 11. The first-order valence-electron chi connectivity index (χ1n) is 23.9. The van der Waals surface area contributed by atoms with Gasteiger partial charge in [0.25, 0.3) is 5.56 Å². The number of rotatable bonds is 8. The van der Waals surface area contributed by atoms with E-state index >= 15 is 13.2 Å². The van der Waals surface area contributed by atoms with Crippen molar-refractivity contribution in [3.8, 4) is 5.75 Å². The summed E-state index contributed by atoms with van der Waals surface area (Å²) in [5.74, 6) is -3.12. The first kappa shape index (κ1) is 44.1. The van der Waals surface area contributed by atoms with Gasteiger partial charge >= 0.3 is 5.92 Å². The van der Waals surface area contributed by atoms with Crippen molar-refractivity contribution >= 4 is 68.4 Å². The van der Waals surface area contributed by atoms with E-state index in [2.05, 4.69) is 35.8 Å². The zero-order valence-corrected chi connectivity index (χ0v) is 38.6. The van der Waals surface area contributed by atoms with Gasteiger partial charge < -0.3 is 29.7 Å². The number of amides is 2. The Morgan fingerprint density at radius 1 is 0.925 bits per heavy atom. The number of halogens is 4. The summed E-state index contributed by atoms with van der Waals surface area (Å²) >= 11 is 6.67. The van der Waals surface area contributed by atoms with Crippen molar-refractivity contribution in [2.75, 3.05) is 54.9 Å². The number of likely N-dealkylation sites (tertiary alicyclic amines) is 1. The van der Waals surface area contributed by atoms with Crippen LogP contribution in [0.15, 0.2) is 41.3 Å². The van der Waals surface area contributed by atoms with Gasteiger partial charge in [0.15, 0.2) is 18.2 Å². The van der Waals surface area contributed by atoms with Crippen LogP contribution in [0.2, 0.25) is 5.02 Å². The molecule has 2 amide bonds. The molecule has 5 aromatic rings. The van der Waals surface area contributed by atoms with Crippen LogP contribution in [0, 0.1) is 23.1 Å². The lowest BCUT2D eigenvalue weighted by Gasteiger charge is -2.47. The Morgan fingerprint density at radius 3 is 2.42 bits per heavy atom. The molecule has 2 saturated carbocycles. The molecule has 6 aliphatic rings. The first-order chi connectivity index (χ1) is 32.2. The summed E-state index contributed by atoms with van der Waals surface area (Å²) in [6, 6.07) is 8.07. The molecule has 18 heteroatoms. The number of alkyl halides is 2. The number of anilines is 4. The second-order valence-corrected chi connectivity index (χ2v) is 20.6. The van der Waals surface area contributed by atoms with Crippen LogP contribution in [-0.4, -0.2) is 92.3 Å². The highest BCUT2D eigenvalue weighted by molar-refractivity contribution is 6.33. The molecule has 3 saturated heterocycles. The van der Waals surface area contributed by atoms with Crippen LogP contribution < -0.4 is 31.1 Å². The molecule has 2 aromatic carbocycles. The molecule has 0 radical (unpaired) electrons. The quantitative estimate of drug-likeness (QED) is 0.129. The monoisotopic (exact) mass is 940 g/mol. The Bertz CT molecular complexity index is 2840. The van der Waals surface area contributed by atoms with Crippen molar-refractivity contribution in [2.45, 2.75) is 101 Å². The largest absolute Gasteiger partial charge is 0.480 e. The van der Waals surface area contributed by atoms with Crippen molar-refractivity contribution in [3.05, 3.63) is 69.0 Å². The van der Waals surface area contributed by atoms with Crippen LogP contribution in [-0.2, 0) is 23.7 Å². The smallest absolute Gasteiger partial charge is 0.301 e. The molecular formula is C49H56ClF3N10O4. The molecule has 1 unspecified atom stereocenters. The second kappa shape index (κ2) is 17.0.